The number of aryl methyl sites for hydroxylation is 2. The first-order valence-corrected chi connectivity index (χ1v) is 9.18. The van der Waals surface area contributed by atoms with Gasteiger partial charge < -0.3 is 10.1 Å². The number of esters is 1. The van der Waals surface area contributed by atoms with Gasteiger partial charge in [-0.1, -0.05) is 11.6 Å². The largest absolute Gasteiger partial charge is 0.452 e. The fourth-order valence-electron chi connectivity index (χ4n) is 2.42. The molecule has 1 aliphatic rings. The van der Waals surface area contributed by atoms with Crippen molar-refractivity contribution in [3.05, 3.63) is 28.0 Å². The summed E-state index contributed by atoms with van der Waals surface area (Å²) in [6, 6.07) is 1.25. The molecule has 0 bridgehead atoms. The summed E-state index contributed by atoms with van der Waals surface area (Å²) in [5.41, 5.74) is 1.40. The second kappa shape index (κ2) is 6.84. The molecule has 0 spiro atoms. The zero-order valence-electron chi connectivity index (χ0n) is 12.8. The Morgan fingerprint density at radius 3 is 2.70 bits per heavy atom. The summed E-state index contributed by atoms with van der Waals surface area (Å²) in [5.74, 6) is -1.32. The Hall–Kier alpha value is -1.67. The van der Waals surface area contributed by atoms with E-state index in [0.29, 0.717) is 17.7 Å². The van der Waals surface area contributed by atoms with Crippen LogP contribution in [0.1, 0.15) is 28.0 Å². The summed E-state index contributed by atoms with van der Waals surface area (Å²) in [4.78, 5) is 27.7. The van der Waals surface area contributed by atoms with E-state index in [0.717, 1.165) is 0 Å². The standard InChI is InChI=1S/C14H17ClN2O5S/c1-8-5-9(2)16-13(15)12(8)14(19)22-6-11(18)17-10-3-4-23(20,21)7-10/h5,10H,3-4,6-7H2,1-2H3,(H,17,18)/t10-/m1/s1. The van der Waals surface area contributed by atoms with Crippen LogP contribution < -0.4 is 5.32 Å². The number of rotatable bonds is 4. The van der Waals surface area contributed by atoms with E-state index in [1.54, 1.807) is 19.9 Å². The Labute approximate surface area is 139 Å². The number of nitrogens with zero attached hydrogens (tertiary/aromatic N) is 1. The third kappa shape index (κ3) is 4.65. The van der Waals surface area contributed by atoms with Crippen LogP contribution >= 0.6 is 11.6 Å². The number of hydrogen-bond acceptors (Lipinski definition) is 6. The number of carbonyl (C=O) groups is 2. The second-order valence-corrected chi connectivity index (χ2v) is 8.08. The molecule has 9 heteroatoms. The molecule has 2 rings (SSSR count). The van der Waals surface area contributed by atoms with Gasteiger partial charge in [-0.05, 0) is 31.9 Å². The van der Waals surface area contributed by atoms with Crippen LogP contribution in [0.5, 0.6) is 0 Å². The summed E-state index contributed by atoms with van der Waals surface area (Å²) < 4.78 is 27.6. The molecule has 1 N–H and O–H groups in total. The Balaban J connectivity index is 1.91. The first-order chi connectivity index (χ1) is 10.7. The molecule has 1 saturated heterocycles. The van der Waals surface area contributed by atoms with Gasteiger partial charge in [0.15, 0.2) is 16.4 Å². The molecule has 1 aromatic rings. The zero-order chi connectivity index (χ0) is 17.2. The number of ether oxygens (including phenoxy) is 1. The normalized spacial score (nSPS) is 19.3. The maximum Gasteiger partial charge on any atom is 0.342 e. The predicted octanol–water partition coefficient (Wildman–Crippen LogP) is 0.812. The number of hydrogen-bond donors (Lipinski definition) is 1. The van der Waals surface area contributed by atoms with Gasteiger partial charge in [-0.2, -0.15) is 0 Å². The van der Waals surface area contributed by atoms with Crippen LogP contribution in [0.15, 0.2) is 6.07 Å². The molecule has 0 radical (unpaired) electrons. The van der Waals surface area contributed by atoms with Gasteiger partial charge in [-0.3, -0.25) is 4.79 Å². The van der Waals surface area contributed by atoms with Crippen molar-refractivity contribution in [1.82, 2.24) is 10.3 Å². The van der Waals surface area contributed by atoms with Gasteiger partial charge in [-0.15, -0.1) is 0 Å². The van der Waals surface area contributed by atoms with Gasteiger partial charge in [0.2, 0.25) is 0 Å². The summed E-state index contributed by atoms with van der Waals surface area (Å²) in [6.07, 6.45) is 0.370. The average molecular weight is 361 g/mol. The molecule has 2 heterocycles. The zero-order valence-corrected chi connectivity index (χ0v) is 14.3. The monoisotopic (exact) mass is 360 g/mol. The van der Waals surface area contributed by atoms with Crippen molar-refractivity contribution < 1.29 is 22.7 Å². The number of carbonyl (C=O) groups excluding carboxylic acids is 2. The van der Waals surface area contributed by atoms with Crippen LogP contribution in [-0.2, 0) is 19.4 Å². The first kappa shape index (κ1) is 17.7. The Morgan fingerprint density at radius 2 is 2.13 bits per heavy atom. The highest BCUT2D eigenvalue weighted by atomic mass is 35.5. The molecule has 0 saturated carbocycles. The molecule has 23 heavy (non-hydrogen) atoms. The summed E-state index contributed by atoms with van der Waals surface area (Å²) in [7, 11) is -3.08. The predicted molar refractivity (Wildman–Crippen MR) is 84.2 cm³/mol. The van der Waals surface area contributed by atoms with Crippen molar-refractivity contribution in [2.24, 2.45) is 0 Å². The Morgan fingerprint density at radius 1 is 1.43 bits per heavy atom. The van der Waals surface area contributed by atoms with Crippen molar-refractivity contribution in [1.29, 1.82) is 0 Å². The fourth-order valence-corrected chi connectivity index (χ4v) is 4.45. The molecule has 0 aromatic carbocycles. The lowest BCUT2D eigenvalue weighted by Gasteiger charge is -2.12. The molecule has 126 valence electrons. The van der Waals surface area contributed by atoms with E-state index in [9.17, 15) is 18.0 Å². The van der Waals surface area contributed by atoms with Crippen molar-refractivity contribution in [2.45, 2.75) is 26.3 Å². The maximum atomic E-state index is 12.0. The van der Waals surface area contributed by atoms with E-state index >= 15 is 0 Å². The molecule has 0 unspecified atom stereocenters. The minimum Gasteiger partial charge on any atom is -0.452 e. The lowest BCUT2D eigenvalue weighted by atomic mass is 10.1. The van der Waals surface area contributed by atoms with Crippen molar-refractivity contribution in [3.63, 3.8) is 0 Å². The third-order valence-corrected chi connectivity index (χ3v) is 5.48. The number of halogens is 1. The highest BCUT2D eigenvalue weighted by Crippen LogP contribution is 2.19. The minimum atomic E-state index is -3.08. The van der Waals surface area contributed by atoms with Crippen LogP contribution in [0.4, 0.5) is 0 Å². The van der Waals surface area contributed by atoms with Gasteiger partial charge in [0.05, 0.1) is 17.1 Å². The van der Waals surface area contributed by atoms with Crippen molar-refractivity contribution >= 4 is 33.3 Å². The number of pyridine rings is 1. The molecular formula is C14H17ClN2O5S. The average Bonchev–Trinajstić information content (AvgIpc) is 2.74. The SMILES string of the molecule is Cc1cc(C)c(C(=O)OCC(=O)N[C@@H]2CCS(=O)(=O)C2)c(Cl)n1. The van der Waals surface area contributed by atoms with E-state index in [1.807, 2.05) is 0 Å². The van der Waals surface area contributed by atoms with E-state index < -0.39 is 34.4 Å². The highest BCUT2D eigenvalue weighted by molar-refractivity contribution is 7.91. The van der Waals surface area contributed by atoms with Crippen LogP contribution in [0.3, 0.4) is 0 Å². The summed E-state index contributed by atoms with van der Waals surface area (Å²) in [6.45, 7) is 2.94. The van der Waals surface area contributed by atoms with Gasteiger partial charge in [-0.25, -0.2) is 18.2 Å². The van der Waals surface area contributed by atoms with Gasteiger partial charge in [0.1, 0.15) is 5.15 Å². The molecular weight excluding hydrogens is 344 g/mol. The van der Waals surface area contributed by atoms with Crippen LogP contribution in [0.25, 0.3) is 0 Å². The Kier molecular flexibility index (Phi) is 5.26. The molecule has 1 atom stereocenters. The molecule has 1 aromatic heterocycles. The van der Waals surface area contributed by atoms with Gasteiger partial charge in [0, 0.05) is 11.7 Å². The van der Waals surface area contributed by atoms with Crippen molar-refractivity contribution in [3.8, 4) is 0 Å². The third-order valence-electron chi connectivity index (χ3n) is 3.44. The molecule has 7 nitrogen and oxygen atoms in total. The maximum absolute atomic E-state index is 12.0. The van der Waals surface area contributed by atoms with Crippen LogP contribution in [-0.4, -0.2) is 49.4 Å². The van der Waals surface area contributed by atoms with E-state index in [2.05, 4.69) is 10.3 Å². The minimum absolute atomic E-state index is 0.0230. The fraction of sp³-hybridized carbons (Fsp3) is 0.500. The smallest absolute Gasteiger partial charge is 0.342 e. The van der Waals surface area contributed by atoms with Gasteiger partial charge >= 0.3 is 5.97 Å². The number of sulfone groups is 1. The molecule has 0 aliphatic carbocycles. The summed E-state index contributed by atoms with van der Waals surface area (Å²) in [5, 5.41) is 2.56. The van der Waals surface area contributed by atoms with Crippen LogP contribution in [0, 0.1) is 13.8 Å². The lowest BCUT2D eigenvalue weighted by Crippen LogP contribution is -2.38. The number of amides is 1. The first-order valence-electron chi connectivity index (χ1n) is 6.98. The second-order valence-electron chi connectivity index (χ2n) is 5.49. The van der Waals surface area contributed by atoms with Crippen LogP contribution in [0.2, 0.25) is 5.15 Å². The van der Waals surface area contributed by atoms with Crippen molar-refractivity contribution in [2.75, 3.05) is 18.1 Å². The quantitative estimate of drug-likeness (QED) is 0.629. The number of nitrogens with one attached hydrogen (secondary N) is 1. The molecule has 1 fully saturated rings. The molecule has 1 amide bonds. The van der Waals surface area contributed by atoms with E-state index in [1.165, 1.54) is 0 Å². The Bertz CT molecular complexity index is 725. The van der Waals surface area contributed by atoms with Gasteiger partial charge in [0.25, 0.3) is 5.91 Å². The number of aromatic nitrogens is 1. The highest BCUT2D eigenvalue weighted by Gasteiger charge is 2.29. The van der Waals surface area contributed by atoms with E-state index in [-0.39, 0.29) is 22.2 Å². The topological polar surface area (TPSA) is 102 Å². The van der Waals surface area contributed by atoms with E-state index in [4.69, 9.17) is 16.3 Å². The summed E-state index contributed by atoms with van der Waals surface area (Å²) >= 11 is 5.93. The molecule has 1 aliphatic heterocycles. The lowest BCUT2D eigenvalue weighted by molar-refractivity contribution is -0.124.